The molecule has 0 amide bonds. The third-order valence-electron chi connectivity index (χ3n) is 2.43. The summed E-state index contributed by atoms with van der Waals surface area (Å²) >= 11 is 0. The van der Waals surface area contributed by atoms with E-state index in [-0.39, 0.29) is 12.0 Å². The number of alkyl halides is 2. The smallest absolute Gasteiger partial charge is 0.309 e. The third kappa shape index (κ3) is 4.28. The van der Waals surface area contributed by atoms with E-state index in [2.05, 4.69) is 6.58 Å². The molecule has 0 fully saturated rings. The number of halogens is 3. The summed E-state index contributed by atoms with van der Waals surface area (Å²) in [6.07, 6.45) is 1.06. The molecule has 0 atom stereocenters. The monoisotopic (exact) mass is 270 g/mol. The van der Waals surface area contributed by atoms with Crippen molar-refractivity contribution in [3.05, 3.63) is 54.4 Å². The standard InChI is InChI=1S/C14H13F3O2/c1-2-3-8-14(16,17)13(19)9-12(18)10-4-6-11(15)7-5-10/h2,4-7,9,18H,1,3,8H2. The van der Waals surface area contributed by atoms with E-state index in [9.17, 15) is 23.1 Å². The Hall–Kier alpha value is -2.04. The van der Waals surface area contributed by atoms with Crippen LogP contribution in [0.3, 0.4) is 0 Å². The highest BCUT2D eigenvalue weighted by atomic mass is 19.3. The molecule has 0 aliphatic carbocycles. The summed E-state index contributed by atoms with van der Waals surface area (Å²) < 4.78 is 39.3. The van der Waals surface area contributed by atoms with Crippen LogP contribution in [0.1, 0.15) is 18.4 Å². The number of allylic oxidation sites excluding steroid dienone is 2. The van der Waals surface area contributed by atoms with Crippen LogP contribution in [0.2, 0.25) is 0 Å². The Balaban J connectivity index is 2.86. The summed E-state index contributed by atoms with van der Waals surface area (Å²) in [5, 5.41) is 9.53. The molecule has 0 bridgehead atoms. The summed E-state index contributed by atoms with van der Waals surface area (Å²) in [6.45, 7) is 3.29. The molecule has 0 radical (unpaired) electrons. The van der Waals surface area contributed by atoms with Gasteiger partial charge < -0.3 is 5.11 Å². The average molecular weight is 270 g/mol. The van der Waals surface area contributed by atoms with Gasteiger partial charge in [-0.05, 0) is 30.7 Å². The Bertz CT molecular complexity index is 490. The lowest BCUT2D eigenvalue weighted by molar-refractivity contribution is -0.138. The molecule has 1 aromatic rings. The molecule has 0 unspecified atom stereocenters. The molecule has 0 saturated heterocycles. The number of carbonyl (C=O) groups is 1. The molecule has 5 heteroatoms. The number of hydrogen-bond donors (Lipinski definition) is 1. The van der Waals surface area contributed by atoms with Crippen molar-refractivity contribution in [2.75, 3.05) is 0 Å². The van der Waals surface area contributed by atoms with Crippen molar-refractivity contribution in [3.63, 3.8) is 0 Å². The zero-order valence-corrected chi connectivity index (χ0v) is 10.1. The minimum atomic E-state index is -3.55. The van der Waals surface area contributed by atoms with Crippen LogP contribution in [0.4, 0.5) is 13.2 Å². The topological polar surface area (TPSA) is 37.3 Å². The number of hydrogen-bond acceptors (Lipinski definition) is 2. The zero-order chi connectivity index (χ0) is 14.5. The Morgan fingerprint density at radius 1 is 1.32 bits per heavy atom. The van der Waals surface area contributed by atoms with Gasteiger partial charge in [-0.2, -0.15) is 8.78 Å². The maximum atomic E-state index is 13.3. The van der Waals surface area contributed by atoms with Gasteiger partial charge in [0.25, 0.3) is 0 Å². The van der Waals surface area contributed by atoms with Crippen molar-refractivity contribution in [1.82, 2.24) is 0 Å². The lowest BCUT2D eigenvalue weighted by atomic mass is 10.1. The molecule has 0 aromatic heterocycles. The van der Waals surface area contributed by atoms with Gasteiger partial charge in [0.1, 0.15) is 11.6 Å². The zero-order valence-electron chi connectivity index (χ0n) is 10.1. The summed E-state index contributed by atoms with van der Waals surface area (Å²) in [7, 11) is 0. The molecule has 0 spiro atoms. The molecule has 1 rings (SSSR count). The summed E-state index contributed by atoms with van der Waals surface area (Å²) in [5.74, 6) is -6.19. The molecule has 0 saturated carbocycles. The lowest BCUT2D eigenvalue weighted by Crippen LogP contribution is -2.26. The molecule has 102 valence electrons. The first kappa shape index (κ1) is 15.0. The normalized spacial score (nSPS) is 12.3. The minimum absolute atomic E-state index is 0.0100. The van der Waals surface area contributed by atoms with Crippen LogP contribution in [0.15, 0.2) is 43.0 Å². The largest absolute Gasteiger partial charge is 0.507 e. The molecule has 19 heavy (non-hydrogen) atoms. The number of carbonyl (C=O) groups excluding carboxylic acids is 1. The van der Waals surface area contributed by atoms with Gasteiger partial charge in [-0.3, -0.25) is 4.79 Å². The average Bonchev–Trinajstić information content (AvgIpc) is 2.37. The van der Waals surface area contributed by atoms with Gasteiger partial charge in [-0.15, -0.1) is 6.58 Å². The van der Waals surface area contributed by atoms with Gasteiger partial charge in [0.05, 0.1) is 0 Å². The first-order valence-electron chi connectivity index (χ1n) is 5.56. The minimum Gasteiger partial charge on any atom is -0.507 e. The van der Waals surface area contributed by atoms with Crippen LogP contribution in [0.25, 0.3) is 5.76 Å². The highest BCUT2D eigenvalue weighted by Crippen LogP contribution is 2.24. The number of ketones is 1. The molecule has 0 aliphatic heterocycles. The first-order valence-corrected chi connectivity index (χ1v) is 5.56. The first-order chi connectivity index (χ1) is 8.86. The summed E-state index contributed by atoms with van der Waals surface area (Å²) in [5.41, 5.74) is 0.0919. The van der Waals surface area contributed by atoms with E-state index >= 15 is 0 Å². The van der Waals surface area contributed by atoms with E-state index in [0.29, 0.717) is 6.08 Å². The van der Waals surface area contributed by atoms with Crippen molar-refractivity contribution >= 4 is 11.5 Å². The maximum absolute atomic E-state index is 13.3. The second-order valence-corrected chi connectivity index (χ2v) is 3.93. The predicted octanol–water partition coefficient (Wildman–Crippen LogP) is 3.90. The maximum Gasteiger partial charge on any atom is 0.309 e. The van der Waals surface area contributed by atoms with E-state index in [1.807, 2.05) is 0 Å². The second-order valence-electron chi connectivity index (χ2n) is 3.93. The highest BCUT2D eigenvalue weighted by Gasteiger charge is 2.36. The summed E-state index contributed by atoms with van der Waals surface area (Å²) in [4.78, 5) is 11.3. The quantitative estimate of drug-likeness (QED) is 0.483. The van der Waals surface area contributed by atoms with E-state index < -0.39 is 29.7 Å². The van der Waals surface area contributed by atoms with Crippen molar-refractivity contribution in [1.29, 1.82) is 0 Å². The van der Waals surface area contributed by atoms with E-state index in [0.717, 1.165) is 12.1 Å². The van der Waals surface area contributed by atoms with Crippen molar-refractivity contribution in [2.24, 2.45) is 0 Å². The number of aliphatic hydroxyl groups is 1. The van der Waals surface area contributed by atoms with E-state index in [1.54, 1.807) is 0 Å². The van der Waals surface area contributed by atoms with Crippen LogP contribution >= 0.6 is 0 Å². The Morgan fingerprint density at radius 3 is 2.42 bits per heavy atom. The van der Waals surface area contributed by atoms with Gasteiger partial charge >= 0.3 is 5.92 Å². The number of aliphatic hydroxyl groups excluding tert-OH is 1. The fourth-order valence-corrected chi connectivity index (χ4v) is 1.34. The van der Waals surface area contributed by atoms with Gasteiger partial charge in [-0.1, -0.05) is 6.08 Å². The van der Waals surface area contributed by atoms with Gasteiger partial charge in [-0.25, -0.2) is 4.39 Å². The lowest BCUT2D eigenvalue weighted by Gasteiger charge is -2.11. The Labute approximate surface area is 108 Å². The van der Waals surface area contributed by atoms with Crippen LogP contribution in [0.5, 0.6) is 0 Å². The van der Waals surface area contributed by atoms with Crippen LogP contribution in [-0.4, -0.2) is 16.8 Å². The Morgan fingerprint density at radius 2 is 1.89 bits per heavy atom. The van der Waals surface area contributed by atoms with Gasteiger partial charge in [0.15, 0.2) is 0 Å². The number of benzene rings is 1. The molecule has 2 nitrogen and oxygen atoms in total. The second kappa shape index (κ2) is 6.22. The van der Waals surface area contributed by atoms with Crippen LogP contribution < -0.4 is 0 Å². The molecule has 1 N–H and O–H groups in total. The Kier molecular flexibility index (Phi) is 4.92. The van der Waals surface area contributed by atoms with Crippen LogP contribution in [0, 0.1) is 5.82 Å². The third-order valence-corrected chi connectivity index (χ3v) is 2.43. The van der Waals surface area contributed by atoms with E-state index in [4.69, 9.17) is 0 Å². The molecular weight excluding hydrogens is 257 g/mol. The fourth-order valence-electron chi connectivity index (χ4n) is 1.34. The van der Waals surface area contributed by atoms with Gasteiger partial charge in [0, 0.05) is 18.1 Å². The molecular formula is C14H13F3O2. The number of rotatable bonds is 6. The molecule has 1 aromatic carbocycles. The summed E-state index contributed by atoms with van der Waals surface area (Å²) in [6, 6.07) is 4.49. The van der Waals surface area contributed by atoms with Crippen LogP contribution in [-0.2, 0) is 4.79 Å². The van der Waals surface area contributed by atoms with Gasteiger partial charge in [0.2, 0.25) is 5.78 Å². The molecule has 0 aliphatic rings. The van der Waals surface area contributed by atoms with Crippen molar-refractivity contribution in [2.45, 2.75) is 18.8 Å². The molecule has 0 heterocycles. The van der Waals surface area contributed by atoms with E-state index in [1.165, 1.54) is 18.2 Å². The highest BCUT2D eigenvalue weighted by molar-refractivity contribution is 6.00. The van der Waals surface area contributed by atoms with Crippen molar-refractivity contribution < 1.29 is 23.1 Å². The van der Waals surface area contributed by atoms with Crippen molar-refractivity contribution in [3.8, 4) is 0 Å². The fraction of sp³-hybridized carbons (Fsp3) is 0.214. The predicted molar refractivity (Wildman–Crippen MR) is 66.4 cm³/mol. The SMILES string of the molecule is C=CCCC(F)(F)C(=O)C=C(O)c1ccc(F)cc1.